The average Bonchev–Trinajstić information content (AvgIpc) is 3.24. The normalized spacial score (nSPS) is 18.3. The van der Waals surface area contributed by atoms with Gasteiger partial charge in [-0.05, 0) is 35.9 Å². The number of benzene rings is 2. The molecule has 1 fully saturated rings. The Morgan fingerprint density at radius 1 is 1.05 bits per heavy atom. The second-order valence-corrected chi connectivity index (χ2v) is 8.97. The number of aromatic nitrogens is 2. The van der Waals surface area contributed by atoms with Crippen LogP contribution in [0.4, 0.5) is 10.1 Å². The van der Waals surface area contributed by atoms with Crippen molar-refractivity contribution in [2.24, 2.45) is 0 Å². The zero-order valence-corrected chi connectivity index (χ0v) is 22.1. The molecule has 2 aromatic heterocycles. The zero-order valence-electron chi connectivity index (χ0n) is 21.3. The lowest BCUT2D eigenvalue weighted by Gasteiger charge is -2.26. The molecule has 202 valence electrons. The monoisotopic (exact) mass is 550 g/mol. The number of rotatable bonds is 4. The van der Waals surface area contributed by atoms with E-state index in [-0.39, 0.29) is 24.1 Å². The van der Waals surface area contributed by atoms with Crippen LogP contribution in [0.25, 0.3) is 10.9 Å². The Labute approximate surface area is 231 Å². The molecule has 10 heteroatoms. The van der Waals surface area contributed by atoms with E-state index in [1.54, 1.807) is 60.9 Å². The summed E-state index contributed by atoms with van der Waals surface area (Å²) < 4.78 is 25.5. The quantitative estimate of drug-likeness (QED) is 0.373. The molecule has 0 aliphatic carbocycles. The summed E-state index contributed by atoms with van der Waals surface area (Å²) in [6, 6.07) is 19.3. The Morgan fingerprint density at radius 3 is 2.59 bits per heavy atom. The fourth-order valence-corrected chi connectivity index (χ4v) is 4.61. The molecule has 2 aliphatic rings. The molecule has 1 amide bonds. The van der Waals surface area contributed by atoms with Crippen LogP contribution in [0, 0.1) is 0 Å². The lowest BCUT2D eigenvalue weighted by Crippen LogP contribution is -2.35. The summed E-state index contributed by atoms with van der Waals surface area (Å²) in [4.78, 5) is 34.3. The van der Waals surface area contributed by atoms with E-state index in [4.69, 9.17) is 4.74 Å². The minimum atomic E-state index is -2.23. The van der Waals surface area contributed by atoms with Crippen molar-refractivity contribution in [3.05, 3.63) is 102 Å². The molecule has 39 heavy (non-hydrogen) atoms. The van der Waals surface area contributed by atoms with E-state index in [2.05, 4.69) is 24.9 Å². The number of fused-ring (bicyclic) bond motifs is 2. The molecular weight excluding hydrogens is 523 g/mol. The number of alkyl halides is 1. The average molecular weight is 551 g/mol. The maximum absolute atomic E-state index is 15.5. The van der Waals surface area contributed by atoms with Gasteiger partial charge in [0.2, 0.25) is 0 Å². The summed E-state index contributed by atoms with van der Waals surface area (Å²) in [6.07, 6.45) is 3.35. The summed E-state index contributed by atoms with van der Waals surface area (Å²) in [6.45, 7) is 3.97. The van der Waals surface area contributed by atoms with E-state index in [9.17, 15) is 9.59 Å². The molecule has 1 atom stereocenters. The van der Waals surface area contributed by atoms with E-state index < -0.39 is 11.6 Å². The molecule has 2 aliphatic heterocycles. The van der Waals surface area contributed by atoms with Crippen LogP contribution < -0.4 is 5.32 Å². The maximum atomic E-state index is 15.5. The summed E-state index contributed by atoms with van der Waals surface area (Å²) in [5.74, 6) is -1.01. The van der Waals surface area contributed by atoms with Crippen molar-refractivity contribution in [1.29, 1.82) is 0 Å². The van der Waals surface area contributed by atoms with Gasteiger partial charge >= 0.3 is 5.97 Å². The molecule has 6 rings (SSSR count). The second kappa shape index (κ2) is 12.3. The van der Waals surface area contributed by atoms with Gasteiger partial charge in [0.1, 0.15) is 0 Å². The summed E-state index contributed by atoms with van der Waals surface area (Å²) in [5.41, 5.74) is 1.07. The molecule has 4 heterocycles. The minimum Gasteiger partial charge on any atom is -0.465 e. The number of halogens is 2. The fourth-order valence-electron chi connectivity index (χ4n) is 4.61. The van der Waals surface area contributed by atoms with Crippen LogP contribution in [0.2, 0.25) is 0 Å². The first kappa shape index (κ1) is 28.1. The number of esters is 1. The SMILES string of the molecule is COC(=O)c1cccc2ncccc12.Cl.O=C1Nc2ccccc2C1(F)c1ccc(CN2CCOCC2)cn1. The number of amides is 1. The molecule has 4 aromatic rings. The molecule has 2 aromatic carbocycles. The predicted octanol–water partition coefficient (Wildman–Crippen LogP) is 4.52. The summed E-state index contributed by atoms with van der Waals surface area (Å²) in [7, 11) is 1.37. The van der Waals surface area contributed by atoms with Crippen LogP contribution in [-0.2, 0) is 26.5 Å². The smallest absolute Gasteiger partial charge is 0.338 e. The van der Waals surface area contributed by atoms with Crippen molar-refractivity contribution >= 4 is 40.9 Å². The zero-order chi connectivity index (χ0) is 26.5. The number of ether oxygens (including phenoxy) is 2. The number of morpholine rings is 1. The molecule has 1 unspecified atom stereocenters. The van der Waals surface area contributed by atoms with Gasteiger partial charge in [-0.3, -0.25) is 19.7 Å². The van der Waals surface area contributed by atoms with Crippen LogP contribution in [0.3, 0.4) is 0 Å². The highest BCUT2D eigenvalue weighted by Gasteiger charge is 2.50. The lowest BCUT2D eigenvalue weighted by molar-refractivity contribution is -0.124. The first-order valence-corrected chi connectivity index (χ1v) is 12.3. The molecular formula is C29H28ClFN4O4. The first-order chi connectivity index (χ1) is 18.5. The number of anilines is 1. The van der Waals surface area contributed by atoms with Gasteiger partial charge in [0, 0.05) is 48.7 Å². The largest absolute Gasteiger partial charge is 0.465 e. The fraction of sp³-hybridized carbons (Fsp3) is 0.241. The number of para-hydroxylation sites is 1. The van der Waals surface area contributed by atoms with Crippen molar-refractivity contribution in [3.8, 4) is 0 Å². The highest BCUT2D eigenvalue weighted by Crippen LogP contribution is 2.43. The topological polar surface area (TPSA) is 93.6 Å². The standard InChI is InChI=1S/C18H18FN3O2.C11H9NO2.ClH/c19-18(14-3-1-2-4-15(14)21-17(18)23)16-6-5-13(11-20-16)12-22-7-9-24-10-8-22;1-14-11(13)9-4-2-6-10-8(9)5-3-7-12-10;/h1-6,11H,7-10,12H2,(H,21,23);2-7H,1H3;1H. The van der Waals surface area contributed by atoms with Crippen LogP contribution >= 0.6 is 12.4 Å². The number of carbonyl (C=O) groups excluding carboxylic acids is 2. The third-order valence-electron chi connectivity index (χ3n) is 6.60. The third-order valence-corrected chi connectivity index (χ3v) is 6.60. The molecule has 0 saturated carbocycles. The highest BCUT2D eigenvalue weighted by atomic mass is 35.5. The van der Waals surface area contributed by atoms with E-state index in [1.165, 1.54) is 7.11 Å². The van der Waals surface area contributed by atoms with Gasteiger partial charge in [-0.15, -0.1) is 12.4 Å². The summed E-state index contributed by atoms with van der Waals surface area (Å²) >= 11 is 0. The molecule has 1 saturated heterocycles. The number of pyridine rings is 2. The van der Waals surface area contributed by atoms with Crippen molar-refractivity contribution in [2.45, 2.75) is 12.2 Å². The van der Waals surface area contributed by atoms with Crippen molar-refractivity contribution < 1.29 is 23.5 Å². The Morgan fingerprint density at radius 2 is 1.85 bits per heavy atom. The lowest BCUT2D eigenvalue weighted by atomic mass is 9.93. The molecule has 1 N–H and O–H groups in total. The third kappa shape index (κ3) is 5.75. The number of hydrogen-bond acceptors (Lipinski definition) is 7. The van der Waals surface area contributed by atoms with Crippen LogP contribution in [0.1, 0.15) is 27.2 Å². The number of methoxy groups -OCH3 is 1. The Balaban J connectivity index is 0.000000202. The van der Waals surface area contributed by atoms with Gasteiger partial charge in [0.25, 0.3) is 11.6 Å². The Kier molecular flexibility index (Phi) is 8.86. The summed E-state index contributed by atoms with van der Waals surface area (Å²) in [5, 5.41) is 3.41. The van der Waals surface area contributed by atoms with Gasteiger partial charge in [0.15, 0.2) is 0 Å². The van der Waals surface area contributed by atoms with Crippen molar-refractivity contribution in [2.75, 3.05) is 38.7 Å². The number of nitrogens with zero attached hydrogens (tertiary/aromatic N) is 3. The maximum Gasteiger partial charge on any atom is 0.338 e. The van der Waals surface area contributed by atoms with E-state index in [1.807, 2.05) is 18.2 Å². The highest BCUT2D eigenvalue weighted by molar-refractivity contribution is 6.07. The van der Waals surface area contributed by atoms with Crippen molar-refractivity contribution in [1.82, 2.24) is 14.9 Å². The van der Waals surface area contributed by atoms with Gasteiger partial charge in [-0.25, -0.2) is 9.18 Å². The second-order valence-electron chi connectivity index (χ2n) is 8.97. The number of hydrogen-bond donors (Lipinski definition) is 1. The van der Waals surface area contributed by atoms with Gasteiger partial charge in [-0.1, -0.05) is 36.4 Å². The van der Waals surface area contributed by atoms with Crippen LogP contribution in [-0.4, -0.2) is 60.2 Å². The van der Waals surface area contributed by atoms with Gasteiger partial charge in [0.05, 0.1) is 37.1 Å². The number of nitrogens with one attached hydrogen (secondary N) is 1. The molecule has 0 spiro atoms. The van der Waals surface area contributed by atoms with Crippen LogP contribution in [0.5, 0.6) is 0 Å². The first-order valence-electron chi connectivity index (χ1n) is 12.3. The van der Waals surface area contributed by atoms with Crippen molar-refractivity contribution in [3.63, 3.8) is 0 Å². The minimum absolute atomic E-state index is 0. The number of carbonyl (C=O) groups is 2. The van der Waals surface area contributed by atoms with E-state index in [0.717, 1.165) is 49.3 Å². The molecule has 0 radical (unpaired) electrons. The molecule has 0 bridgehead atoms. The molecule has 8 nitrogen and oxygen atoms in total. The Hall–Kier alpha value is -3.92. The van der Waals surface area contributed by atoms with Gasteiger partial charge in [-0.2, -0.15) is 0 Å². The predicted molar refractivity (Wildman–Crippen MR) is 148 cm³/mol. The van der Waals surface area contributed by atoms with Crippen LogP contribution in [0.15, 0.2) is 79.1 Å². The van der Waals surface area contributed by atoms with Gasteiger partial charge < -0.3 is 14.8 Å². The Bertz CT molecular complexity index is 1460. The van der Waals surface area contributed by atoms with E-state index in [0.29, 0.717) is 16.8 Å². The van der Waals surface area contributed by atoms with E-state index >= 15 is 4.39 Å².